The second kappa shape index (κ2) is 4.84. The largest absolute Gasteiger partial charge is 0.356 e. The van der Waals surface area contributed by atoms with E-state index in [1.807, 2.05) is 4.57 Å². The Kier molecular flexibility index (Phi) is 3.69. The molecule has 5 heteroatoms. The Morgan fingerprint density at radius 3 is 2.33 bits per heavy atom. The van der Waals surface area contributed by atoms with Crippen molar-refractivity contribution in [2.45, 2.75) is 19.3 Å². The van der Waals surface area contributed by atoms with Gasteiger partial charge in [-0.1, -0.05) is 0 Å². The Morgan fingerprint density at radius 2 is 1.83 bits per heavy atom. The van der Waals surface area contributed by atoms with Crippen molar-refractivity contribution in [3.05, 3.63) is 12.7 Å². The number of methoxy groups -OCH3 is 2. The van der Waals surface area contributed by atoms with Gasteiger partial charge >= 0.3 is 0 Å². The molecule has 0 amide bonds. The molecule has 1 aromatic heterocycles. The third-order valence-electron chi connectivity index (χ3n) is 1.62. The van der Waals surface area contributed by atoms with Gasteiger partial charge in [-0.2, -0.15) is 0 Å². The molecule has 12 heavy (non-hydrogen) atoms. The molecule has 0 aliphatic rings. The topological polar surface area (TPSA) is 49.2 Å². The summed E-state index contributed by atoms with van der Waals surface area (Å²) < 4.78 is 11.9. The normalized spacial score (nSPS) is 10.9. The molecule has 1 heterocycles. The van der Waals surface area contributed by atoms with Crippen molar-refractivity contribution >= 4 is 0 Å². The van der Waals surface area contributed by atoms with Crippen LogP contribution in [0.25, 0.3) is 0 Å². The van der Waals surface area contributed by atoms with Crippen LogP contribution in [0.1, 0.15) is 6.42 Å². The van der Waals surface area contributed by atoms with Crippen LogP contribution >= 0.6 is 0 Å². The van der Waals surface area contributed by atoms with Crippen molar-refractivity contribution in [1.29, 1.82) is 0 Å². The van der Waals surface area contributed by atoms with Gasteiger partial charge in [-0.3, -0.25) is 0 Å². The lowest BCUT2D eigenvalue weighted by Gasteiger charge is -2.12. The highest BCUT2D eigenvalue weighted by atomic mass is 16.7. The molecule has 0 N–H and O–H groups in total. The van der Waals surface area contributed by atoms with Crippen LogP contribution in [-0.4, -0.2) is 35.3 Å². The Bertz CT molecular complexity index is 196. The number of aryl methyl sites for hydroxylation is 1. The molecule has 0 bridgehead atoms. The second-order valence-corrected chi connectivity index (χ2v) is 2.39. The van der Waals surface area contributed by atoms with Crippen LogP contribution in [0.2, 0.25) is 0 Å². The van der Waals surface area contributed by atoms with E-state index in [0.29, 0.717) is 0 Å². The van der Waals surface area contributed by atoms with Crippen molar-refractivity contribution in [1.82, 2.24) is 14.8 Å². The Balaban J connectivity index is 2.25. The van der Waals surface area contributed by atoms with Crippen molar-refractivity contribution in [3.63, 3.8) is 0 Å². The third-order valence-corrected chi connectivity index (χ3v) is 1.62. The Hall–Kier alpha value is -0.940. The minimum absolute atomic E-state index is 0.146. The first-order chi connectivity index (χ1) is 5.86. The van der Waals surface area contributed by atoms with Crippen LogP contribution in [-0.2, 0) is 16.0 Å². The molecule has 0 radical (unpaired) electrons. The quantitative estimate of drug-likeness (QED) is 0.597. The molecule has 0 saturated carbocycles. The highest BCUT2D eigenvalue weighted by Gasteiger charge is 2.03. The summed E-state index contributed by atoms with van der Waals surface area (Å²) in [6.07, 6.45) is 3.99. The first kappa shape index (κ1) is 9.15. The molecule has 0 aromatic carbocycles. The molecule has 0 unspecified atom stereocenters. The van der Waals surface area contributed by atoms with Gasteiger partial charge in [0.2, 0.25) is 0 Å². The maximum atomic E-state index is 5.02. The van der Waals surface area contributed by atoms with Gasteiger partial charge in [0.25, 0.3) is 0 Å². The number of rotatable bonds is 5. The molecule has 1 rings (SSSR count). The zero-order valence-electron chi connectivity index (χ0n) is 7.30. The van der Waals surface area contributed by atoms with Gasteiger partial charge in [0.05, 0.1) is 0 Å². The van der Waals surface area contributed by atoms with E-state index in [1.54, 1.807) is 26.9 Å². The monoisotopic (exact) mass is 171 g/mol. The van der Waals surface area contributed by atoms with Crippen LogP contribution in [0, 0.1) is 0 Å². The van der Waals surface area contributed by atoms with Crippen molar-refractivity contribution in [2.24, 2.45) is 0 Å². The number of ether oxygens (including phenoxy) is 2. The van der Waals surface area contributed by atoms with Crippen molar-refractivity contribution in [3.8, 4) is 0 Å². The van der Waals surface area contributed by atoms with Crippen LogP contribution in [0.4, 0.5) is 0 Å². The molecule has 5 nitrogen and oxygen atoms in total. The minimum atomic E-state index is -0.146. The molecular formula is C7H13N3O2. The molecule has 68 valence electrons. The van der Waals surface area contributed by atoms with Gasteiger partial charge in [-0.15, -0.1) is 10.2 Å². The summed E-state index contributed by atoms with van der Waals surface area (Å²) >= 11 is 0. The van der Waals surface area contributed by atoms with E-state index < -0.39 is 0 Å². The smallest absolute Gasteiger partial charge is 0.158 e. The number of hydrogen-bond donors (Lipinski definition) is 0. The van der Waals surface area contributed by atoms with E-state index in [-0.39, 0.29) is 6.29 Å². The first-order valence-corrected chi connectivity index (χ1v) is 3.75. The van der Waals surface area contributed by atoms with Crippen LogP contribution in [0.3, 0.4) is 0 Å². The SMILES string of the molecule is COC(CCn1cnnc1)OC. The van der Waals surface area contributed by atoms with E-state index in [4.69, 9.17) is 9.47 Å². The lowest BCUT2D eigenvalue weighted by atomic mass is 10.4. The van der Waals surface area contributed by atoms with E-state index in [0.717, 1.165) is 13.0 Å². The van der Waals surface area contributed by atoms with Crippen LogP contribution < -0.4 is 0 Å². The average Bonchev–Trinajstić information content (AvgIpc) is 2.59. The van der Waals surface area contributed by atoms with E-state index >= 15 is 0 Å². The van der Waals surface area contributed by atoms with Crippen LogP contribution in [0.5, 0.6) is 0 Å². The summed E-state index contributed by atoms with van der Waals surface area (Å²) in [7, 11) is 3.25. The third kappa shape index (κ3) is 2.60. The summed E-state index contributed by atoms with van der Waals surface area (Å²) in [5, 5.41) is 7.37. The maximum absolute atomic E-state index is 5.02. The fourth-order valence-corrected chi connectivity index (χ4v) is 0.924. The van der Waals surface area contributed by atoms with E-state index in [1.165, 1.54) is 0 Å². The van der Waals surface area contributed by atoms with Crippen molar-refractivity contribution in [2.75, 3.05) is 14.2 Å². The van der Waals surface area contributed by atoms with E-state index in [9.17, 15) is 0 Å². The molecule has 0 aliphatic carbocycles. The summed E-state index contributed by atoms with van der Waals surface area (Å²) in [5.74, 6) is 0. The van der Waals surface area contributed by atoms with Crippen molar-refractivity contribution < 1.29 is 9.47 Å². The molecule has 0 aliphatic heterocycles. The number of hydrogen-bond acceptors (Lipinski definition) is 4. The van der Waals surface area contributed by atoms with Gasteiger partial charge in [0, 0.05) is 27.2 Å². The highest BCUT2D eigenvalue weighted by Crippen LogP contribution is 1.99. The fourth-order valence-electron chi connectivity index (χ4n) is 0.924. The van der Waals surface area contributed by atoms with Gasteiger partial charge in [0.15, 0.2) is 6.29 Å². The zero-order valence-corrected chi connectivity index (χ0v) is 7.30. The fraction of sp³-hybridized carbons (Fsp3) is 0.714. The van der Waals surface area contributed by atoms with Gasteiger partial charge in [-0.25, -0.2) is 0 Å². The Labute approximate surface area is 71.3 Å². The maximum Gasteiger partial charge on any atom is 0.158 e. The minimum Gasteiger partial charge on any atom is -0.356 e. The van der Waals surface area contributed by atoms with E-state index in [2.05, 4.69) is 10.2 Å². The lowest BCUT2D eigenvalue weighted by Crippen LogP contribution is -2.15. The predicted molar refractivity (Wildman–Crippen MR) is 42.4 cm³/mol. The standard InChI is InChI=1S/C7H13N3O2/c1-11-7(12-2)3-4-10-5-8-9-6-10/h5-7H,3-4H2,1-2H3. The predicted octanol–water partition coefficient (Wildman–Crippen LogP) is 0.287. The first-order valence-electron chi connectivity index (χ1n) is 3.75. The summed E-state index contributed by atoms with van der Waals surface area (Å²) in [5.41, 5.74) is 0. The summed E-state index contributed by atoms with van der Waals surface area (Å²) in [4.78, 5) is 0. The highest BCUT2D eigenvalue weighted by molar-refractivity contribution is 4.60. The summed E-state index contributed by atoms with van der Waals surface area (Å²) in [6, 6.07) is 0. The molecule has 0 saturated heterocycles. The van der Waals surface area contributed by atoms with Gasteiger partial charge < -0.3 is 14.0 Å². The summed E-state index contributed by atoms with van der Waals surface area (Å²) in [6.45, 7) is 0.805. The Morgan fingerprint density at radius 1 is 1.25 bits per heavy atom. The molecule has 0 fully saturated rings. The zero-order chi connectivity index (χ0) is 8.81. The average molecular weight is 171 g/mol. The van der Waals surface area contributed by atoms with Gasteiger partial charge in [-0.05, 0) is 0 Å². The van der Waals surface area contributed by atoms with Gasteiger partial charge in [0.1, 0.15) is 12.7 Å². The molecule has 0 atom stereocenters. The molecular weight excluding hydrogens is 158 g/mol. The molecule has 1 aromatic rings. The van der Waals surface area contributed by atoms with Crippen LogP contribution in [0.15, 0.2) is 12.7 Å². The number of nitrogens with zero attached hydrogens (tertiary/aromatic N) is 3. The molecule has 0 spiro atoms. The lowest BCUT2D eigenvalue weighted by molar-refractivity contribution is -0.108. The number of aromatic nitrogens is 3. The second-order valence-electron chi connectivity index (χ2n) is 2.39.